The average molecular weight is 287 g/mol. The van der Waals surface area contributed by atoms with Crippen LogP contribution in [0.1, 0.15) is 11.1 Å². The predicted octanol–water partition coefficient (Wildman–Crippen LogP) is 2.84. The number of nitro groups is 1. The lowest BCUT2D eigenvalue weighted by molar-refractivity contribution is -0.384. The van der Waals surface area contributed by atoms with Gasteiger partial charge >= 0.3 is 0 Å². The first-order valence-corrected chi connectivity index (χ1v) is 6.35. The Morgan fingerprint density at radius 3 is 2.55 bits per heavy atom. The fraction of sp³-hybridized carbons (Fsp3) is 0.0714. The molecule has 0 atom stereocenters. The van der Waals surface area contributed by atoms with Gasteiger partial charge in [-0.1, -0.05) is 30.3 Å². The molecule has 0 aliphatic carbocycles. The van der Waals surface area contributed by atoms with Gasteiger partial charge in [-0.3, -0.25) is 10.1 Å². The summed E-state index contributed by atoms with van der Waals surface area (Å²) in [6.45, 7) is 0. The quantitative estimate of drug-likeness (QED) is 0.513. The van der Waals surface area contributed by atoms with Crippen LogP contribution in [-0.2, 0) is 6.42 Å². The van der Waals surface area contributed by atoms with Gasteiger partial charge in [0.2, 0.25) is 0 Å². The summed E-state index contributed by atoms with van der Waals surface area (Å²) < 4.78 is 0. The van der Waals surface area contributed by atoms with Gasteiger partial charge in [-0.15, -0.1) is 0 Å². The van der Waals surface area contributed by atoms with Gasteiger partial charge in [0.15, 0.2) is 5.11 Å². The SMILES string of the molecule is NC(=S)Nc1ccc([N+](=O)[O-])cc1Cc1ccccc1. The Bertz CT molecular complexity index is 644. The molecule has 5 nitrogen and oxygen atoms in total. The summed E-state index contributed by atoms with van der Waals surface area (Å²) in [6.07, 6.45) is 0.563. The van der Waals surface area contributed by atoms with Gasteiger partial charge in [0.1, 0.15) is 0 Å². The molecule has 2 aromatic rings. The fourth-order valence-electron chi connectivity index (χ4n) is 1.91. The van der Waals surface area contributed by atoms with Gasteiger partial charge in [-0.2, -0.15) is 0 Å². The Kier molecular flexibility index (Phi) is 4.27. The van der Waals surface area contributed by atoms with Gasteiger partial charge in [-0.25, -0.2) is 0 Å². The van der Waals surface area contributed by atoms with Crippen LogP contribution in [0.4, 0.5) is 11.4 Å². The van der Waals surface area contributed by atoms with Crippen molar-refractivity contribution in [3.05, 3.63) is 69.8 Å². The number of nitrogens with one attached hydrogen (secondary N) is 1. The van der Waals surface area contributed by atoms with E-state index in [0.29, 0.717) is 12.1 Å². The van der Waals surface area contributed by atoms with Crippen LogP contribution in [-0.4, -0.2) is 10.0 Å². The van der Waals surface area contributed by atoms with Gasteiger partial charge in [-0.05, 0) is 35.8 Å². The highest BCUT2D eigenvalue weighted by Crippen LogP contribution is 2.24. The maximum absolute atomic E-state index is 10.9. The number of rotatable bonds is 4. The number of thiocarbonyl (C=S) groups is 1. The van der Waals surface area contributed by atoms with Crippen molar-refractivity contribution in [2.45, 2.75) is 6.42 Å². The molecular formula is C14H13N3O2S. The van der Waals surface area contributed by atoms with E-state index in [1.54, 1.807) is 6.07 Å². The zero-order valence-corrected chi connectivity index (χ0v) is 11.4. The maximum atomic E-state index is 10.9. The zero-order valence-electron chi connectivity index (χ0n) is 10.6. The highest BCUT2D eigenvalue weighted by Gasteiger charge is 2.11. The van der Waals surface area contributed by atoms with E-state index in [1.807, 2.05) is 30.3 Å². The molecule has 0 bridgehead atoms. The van der Waals surface area contributed by atoms with Gasteiger partial charge < -0.3 is 11.1 Å². The second-order valence-corrected chi connectivity index (χ2v) is 4.69. The molecule has 0 fully saturated rings. The van der Waals surface area contributed by atoms with Crippen LogP contribution in [0.25, 0.3) is 0 Å². The van der Waals surface area contributed by atoms with E-state index in [4.69, 9.17) is 18.0 Å². The van der Waals surface area contributed by atoms with Gasteiger partial charge in [0, 0.05) is 17.8 Å². The molecule has 0 saturated heterocycles. The molecule has 0 heterocycles. The average Bonchev–Trinajstić information content (AvgIpc) is 2.41. The van der Waals surface area contributed by atoms with E-state index in [-0.39, 0.29) is 10.8 Å². The molecule has 0 aliphatic rings. The number of non-ortho nitro benzene ring substituents is 1. The van der Waals surface area contributed by atoms with E-state index in [9.17, 15) is 10.1 Å². The summed E-state index contributed by atoms with van der Waals surface area (Å²) in [5.41, 5.74) is 8.03. The highest BCUT2D eigenvalue weighted by molar-refractivity contribution is 7.80. The lowest BCUT2D eigenvalue weighted by atomic mass is 10.0. The first kappa shape index (κ1) is 14.0. The lowest BCUT2D eigenvalue weighted by Crippen LogP contribution is -2.20. The van der Waals surface area contributed by atoms with E-state index in [0.717, 1.165) is 11.1 Å². The zero-order chi connectivity index (χ0) is 14.5. The topological polar surface area (TPSA) is 81.2 Å². The fourth-order valence-corrected chi connectivity index (χ4v) is 2.02. The maximum Gasteiger partial charge on any atom is 0.269 e. The van der Waals surface area contributed by atoms with Crippen molar-refractivity contribution in [3.8, 4) is 0 Å². The Morgan fingerprint density at radius 2 is 1.95 bits per heavy atom. The van der Waals surface area contributed by atoms with Crippen LogP contribution in [0.5, 0.6) is 0 Å². The Balaban J connectivity index is 2.38. The number of nitrogens with zero attached hydrogens (tertiary/aromatic N) is 1. The molecule has 0 aliphatic heterocycles. The van der Waals surface area contributed by atoms with Crippen molar-refractivity contribution < 1.29 is 4.92 Å². The van der Waals surface area contributed by atoms with Gasteiger partial charge in [0.05, 0.1) is 4.92 Å². The molecule has 102 valence electrons. The summed E-state index contributed by atoms with van der Waals surface area (Å²) in [6, 6.07) is 14.3. The molecule has 0 aromatic heterocycles. The largest absolute Gasteiger partial charge is 0.376 e. The Labute approximate surface area is 121 Å². The third-order valence-corrected chi connectivity index (χ3v) is 2.90. The monoisotopic (exact) mass is 287 g/mol. The molecule has 0 spiro atoms. The summed E-state index contributed by atoms with van der Waals surface area (Å²) in [5, 5.41) is 13.9. The van der Waals surface area contributed by atoms with Crippen molar-refractivity contribution in [2.75, 3.05) is 5.32 Å². The predicted molar refractivity (Wildman–Crippen MR) is 82.8 cm³/mol. The molecule has 2 aromatic carbocycles. The van der Waals surface area contributed by atoms with Crippen molar-refractivity contribution >= 4 is 28.7 Å². The number of nitrogens with two attached hydrogens (primary N) is 1. The standard InChI is InChI=1S/C14H13N3O2S/c15-14(20)16-13-7-6-12(17(18)19)9-11(13)8-10-4-2-1-3-5-10/h1-7,9H,8H2,(H3,15,16,20). The van der Waals surface area contributed by atoms with Gasteiger partial charge in [0.25, 0.3) is 5.69 Å². The summed E-state index contributed by atoms with van der Waals surface area (Å²) in [4.78, 5) is 10.5. The van der Waals surface area contributed by atoms with Crippen LogP contribution < -0.4 is 11.1 Å². The van der Waals surface area contributed by atoms with E-state index in [1.165, 1.54) is 12.1 Å². The number of benzene rings is 2. The third-order valence-electron chi connectivity index (χ3n) is 2.79. The molecule has 2 rings (SSSR count). The molecule has 3 N–H and O–H groups in total. The number of hydrogen-bond donors (Lipinski definition) is 2. The Hall–Kier alpha value is -2.47. The first-order valence-electron chi connectivity index (χ1n) is 5.94. The minimum Gasteiger partial charge on any atom is -0.376 e. The summed E-state index contributed by atoms with van der Waals surface area (Å²) in [5.74, 6) is 0. The minimum atomic E-state index is -0.418. The molecular weight excluding hydrogens is 274 g/mol. The smallest absolute Gasteiger partial charge is 0.269 e. The number of nitro benzene ring substituents is 1. The van der Waals surface area contributed by atoms with Crippen molar-refractivity contribution in [3.63, 3.8) is 0 Å². The van der Waals surface area contributed by atoms with Crippen LogP contribution in [0.3, 0.4) is 0 Å². The van der Waals surface area contributed by atoms with Crippen LogP contribution >= 0.6 is 12.2 Å². The minimum absolute atomic E-state index is 0.0458. The van der Waals surface area contributed by atoms with Crippen LogP contribution in [0, 0.1) is 10.1 Å². The number of anilines is 1. The lowest BCUT2D eigenvalue weighted by Gasteiger charge is -2.11. The van der Waals surface area contributed by atoms with E-state index < -0.39 is 4.92 Å². The summed E-state index contributed by atoms with van der Waals surface area (Å²) >= 11 is 4.82. The first-order chi connectivity index (χ1) is 9.56. The summed E-state index contributed by atoms with van der Waals surface area (Å²) in [7, 11) is 0. The molecule has 20 heavy (non-hydrogen) atoms. The number of hydrogen-bond acceptors (Lipinski definition) is 3. The highest BCUT2D eigenvalue weighted by atomic mass is 32.1. The Morgan fingerprint density at radius 1 is 1.25 bits per heavy atom. The molecule has 0 saturated carbocycles. The second-order valence-electron chi connectivity index (χ2n) is 4.25. The van der Waals surface area contributed by atoms with Crippen LogP contribution in [0.15, 0.2) is 48.5 Å². The van der Waals surface area contributed by atoms with E-state index in [2.05, 4.69) is 5.32 Å². The van der Waals surface area contributed by atoms with Crippen LogP contribution in [0.2, 0.25) is 0 Å². The van der Waals surface area contributed by atoms with Crippen molar-refractivity contribution in [2.24, 2.45) is 5.73 Å². The molecule has 6 heteroatoms. The molecule has 0 radical (unpaired) electrons. The second kappa shape index (κ2) is 6.12. The van der Waals surface area contributed by atoms with E-state index >= 15 is 0 Å². The molecule has 0 amide bonds. The normalized spacial score (nSPS) is 10.0. The third kappa shape index (κ3) is 3.52. The van der Waals surface area contributed by atoms with Crippen molar-refractivity contribution in [1.82, 2.24) is 0 Å². The molecule has 0 unspecified atom stereocenters. The van der Waals surface area contributed by atoms with Crippen molar-refractivity contribution in [1.29, 1.82) is 0 Å².